The van der Waals surface area contributed by atoms with E-state index >= 15 is 0 Å². The number of H-pyrrole nitrogens is 4. The second-order valence-electron chi connectivity index (χ2n) is 21.5. The Bertz CT molecular complexity index is 5380. The van der Waals surface area contributed by atoms with Gasteiger partial charge in [-0.1, -0.05) is 97.1 Å². The van der Waals surface area contributed by atoms with Crippen molar-refractivity contribution in [1.82, 2.24) is 19.9 Å². The molecule has 0 aliphatic rings. The molecule has 0 amide bonds. The third kappa shape index (κ3) is 16.2. The second-order valence-corrected chi connectivity index (χ2v) is 25.4. The first-order valence-corrected chi connectivity index (χ1v) is 33.4. The number of halogens is 2. The van der Waals surface area contributed by atoms with E-state index in [1.807, 2.05) is 117 Å². The van der Waals surface area contributed by atoms with Gasteiger partial charge in [-0.3, -0.25) is 19.2 Å². The number of rotatable bonds is 15. The number of nitrogens with one attached hydrogen (secondary N) is 4. The van der Waals surface area contributed by atoms with Crippen molar-refractivity contribution in [2.75, 3.05) is 21.3 Å². The van der Waals surface area contributed by atoms with Gasteiger partial charge in [0.1, 0.15) is 63.9 Å². The van der Waals surface area contributed by atoms with E-state index in [4.69, 9.17) is 24.7 Å². The predicted molar refractivity (Wildman–Crippen MR) is 380 cm³/mol. The zero-order valence-corrected chi connectivity index (χ0v) is 56.2. The van der Waals surface area contributed by atoms with Crippen LogP contribution in [0.5, 0.6) is 17.2 Å². The Kier molecular flexibility index (Phi) is 23.5. The molecule has 12 aromatic rings. The lowest BCUT2D eigenvalue weighted by Crippen LogP contribution is -2.12. The molecule has 21 heteroatoms. The molecule has 0 bridgehead atoms. The average Bonchev–Trinajstić information content (AvgIpc) is 0.803. The molecule has 0 unspecified atom stereocenters. The van der Waals surface area contributed by atoms with Crippen molar-refractivity contribution in [3.8, 4) is 41.5 Å². The third-order valence-corrected chi connectivity index (χ3v) is 19.8. The zero-order valence-electron chi connectivity index (χ0n) is 53.0. The molecule has 0 atom stereocenters. The smallest absolute Gasteiger partial charge is 0.267 e. The lowest BCUT2D eigenvalue weighted by molar-refractivity contribution is 0.356. The van der Waals surface area contributed by atoms with Crippen LogP contribution in [0, 0.1) is 84.7 Å². The van der Waals surface area contributed by atoms with Crippen LogP contribution in [-0.2, 0) is 23.0 Å². The molecule has 0 saturated heterocycles. The fourth-order valence-electron chi connectivity index (χ4n) is 10.2. The van der Waals surface area contributed by atoms with Crippen LogP contribution in [0.2, 0.25) is 0 Å². The minimum absolute atomic E-state index is 0.0141. The molecular weight excluding hydrogens is 1290 g/mol. The van der Waals surface area contributed by atoms with Crippen molar-refractivity contribution in [3.63, 3.8) is 0 Å². The van der Waals surface area contributed by atoms with Crippen molar-refractivity contribution < 1.29 is 23.0 Å². The maximum Gasteiger partial charge on any atom is 0.267 e. The summed E-state index contributed by atoms with van der Waals surface area (Å²) in [5.74, 6) is 3.64. The van der Waals surface area contributed by atoms with Crippen molar-refractivity contribution in [3.05, 3.63) is 284 Å². The molecule has 15 nitrogen and oxygen atoms in total. The number of aromatic amines is 4. The first-order valence-electron chi connectivity index (χ1n) is 29.5. The number of benzene rings is 8. The van der Waals surface area contributed by atoms with Gasteiger partial charge in [0.2, 0.25) is 0 Å². The highest BCUT2D eigenvalue weighted by atomic mass is 32.2. The molecule has 0 aliphatic heterocycles. The summed E-state index contributed by atoms with van der Waals surface area (Å²) in [5, 5.41) is 44.5. The molecule has 4 N–H and O–H groups in total. The SMILES string of the molecule is COc1cc2c(SCc3ccccc3C)[nH]c(=O)c(C#N)c2cc1OC.COc1ccc2c(C#N)c(=O)[nH]c(SCc3ccccc3C)c2c1.Cc1ccccc1CSc1[nH]c(=O)c(C#N)c2cc(F)ccc12.Cc1ccccc1CSc1[nH]c(=O)c(C#N)c2ccc(F)cc12. The van der Waals surface area contributed by atoms with Crippen molar-refractivity contribution in [2.24, 2.45) is 0 Å². The average molecular weight is 1350 g/mol. The highest BCUT2D eigenvalue weighted by Gasteiger charge is 2.19. The van der Waals surface area contributed by atoms with Gasteiger partial charge in [0, 0.05) is 66.1 Å². The minimum Gasteiger partial charge on any atom is -0.497 e. The van der Waals surface area contributed by atoms with E-state index in [9.17, 15) is 38.5 Å². The maximum atomic E-state index is 13.6. The number of aromatic nitrogens is 4. The second kappa shape index (κ2) is 32.4. The normalized spacial score (nSPS) is 10.6. The summed E-state index contributed by atoms with van der Waals surface area (Å²) in [5.41, 5.74) is 7.92. The van der Waals surface area contributed by atoms with Crippen molar-refractivity contribution >= 4 is 90.1 Å². The number of nitrogens with zero attached hydrogens (tertiary/aromatic N) is 4. The Labute approximate surface area is 567 Å². The number of aryl methyl sites for hydroxylation is 4. The van der Waals surface area contributed by atoms with Gasteiger partial charge >= 0.3 is 0 Å². The highest BCUT2D eigenvalue weighted by Crippen LogP contribution is 2.39. The summed E-state index contributed by atoms with van der Waals surface area (Å²) in [6.45, 7) is 8.18. The van der Waals surface area contributed by atoms with E-state index in [0.29, 0.717) is 81.9 Å². The summed E-state index contributed by atoms with van der Waals surface area (Å²) < 4.78 is 43.1. The van der Waals surface area contributed by atoms with Gasteiger partial charge in [-0.15, -0.1) is 47.0 Å². The molecule has 480 valence electrons. The molecule has 96 heavy (non-hydrogen) atoms. The molecule has 4 aromatic heterocycles. The Morgan fingerprint density at radius 1 is 0.344 bits per heavy atom. The number of nitriles is 4. The van der Waals surface area contributed by atoms with Gasteiger partial charge < -0.3 is 34.1 Å². The van der Waals surface area contributed by atoms with Gasteiger partial charge in [0.25, 0.3) is 22.2 Å². The lowest BCUT2D eigenvalue weighted by atomic mass is 10.1. The molecule has 0 spiro atoms. The minimum atomic E-state index is -0.488. The Hall–Kier alpha value is -10.8. The number of methoxy groups -OCH3 is 3. The van der Waals surface area contributed by atoms with Crippen molar-refractivity contribution in [1.29, 1.82) is 21.0 Å². The van der Waals surface area contributed by atoms with E-state index in [0.717, 1.165) is 38.2 Å². The number of fused-ring (bicyclic) bond motifs is 4. The van der Waals surface area contributed by atoms with Crippen LogP contribution in [0.25, 0.3) is 43.1 Å². The molecule has 0 fully saturated rings. The van der Waals surface area contributed by atoms with Crippen LogP contribution >= 0.6 is 47.0 Å². The molecule has 12 rings (SSSR count). The lowest BCUT2D eigenvalue weighted by Gasteiger charge is -2.13. The summed E-state index contributed by atoms with van der Waals surface area (Å²) in [7, 11) is 4.68. The van der Waals surface area contributed by atoms with Crippen LogP contribution in [-0.4, -0.2) is 41.3 Å². The third-order valence-electron chi connectivity index (χ3n) is 15.6. The van der Waals surface area contributed by atoms with Gasteiger partial charge in [0.05, 0.1) is 41.4 Å². The number of ether oxygens (including phenoxy) is 3. The van der Waals surface area contributed by atoms with Crippen molar-refractivity contribution in [2.45, 2.75) is 70.8 Å². The molecular formula is C75H60F2N8O7S4. The van der Waals surface area contributed by atoms with E-state index in [1.165, 1.54) is 101 Å². The van der Waals surface area contributed by atoms with Crippen LogP contribution in [0.3, 0.4) is 0 Å². The first-order chi connectivity index (χ1) is 46.4. The summed E-state index contributed by atoms with van der Waals surface area (Å²) >= 11 is 5.97. The fraction of sp³-hybridized carbons (Fsp3) is 0.147. The van der Waals surface area contributed by atoms with Crippen LogP contribution in [0.1, 0.15) is 66.8 Å². The fourth-order valence-corrected chi connectivity index (χ4v) is 14.6. The molecule has 0 saturated carbocycles. The largest absolute Gasteiger partial charge is 0.497 e. The molecule has 0 aliphatic carbocycles. The zero-order chi connectivity index (χ0) is 68.6. The Balaban J connectivity index is 0.000000150. The van der Waals surface area contributed by atoms with E-state index in [2.05, 4.69) is 58.0 Å². The monoisotopic (exact) mass is 1350 g/mol. The Morgan fingerprint density at radius 3 is 0.969 bits per heavy atom. The topological polar surface area (TPSA) is 254 Å². The Morgan fingerprint density at radius 2 is 0.625 bits per heavy atom. The van der Waals surface area contributed by atoms with Crippen LogP contribution in [0.15, 0.2) is 203 Å². The first kappa shape index (κ1) is 69.6. The molecule has 0 radical (unpaired) electrons. The van der Waals surface area contributed by atoms with E-state index in [1.54, 1.807) is 56.3 Å². The quantitative estimate of drug-likeness (QED) is 0.0696. The van der Waals surface area contributed by atoms with E-state index in [-0.39, 0.29) is 27.8 Å². The highest BCUT2D eigenvalue weighted by molar-refractivity contribution is 7.99. The van der Waals surface area contributed by atoms with E-state index < -0.39 is 28.3 Å². The standard InChI is InChI=1S/C20H18N2O3S.C19H16N2O2S.2C18H13FN2OS/c1-12-6-4-5-7-13(12)11-26-20-15-9-18(25-3)17(24-2)8-14(15)16(10-21)19(23)22-20;1-12-5-3-4-6-13(12)11-24-19-16-9-14(23-2)7-8-15(16)17(10-20)18(22)21-19;1-11-4-2-3-5-12(11)10-23-18-14-7-6-13(19)8-15(14)16(9-20)17(22)21-18;1-11-4-2-3-5-12(11)10-23-18-15-8-13(19)6-7-14(15)16(9-20)17(22)21-18/h4-9H,11H2,1-3H3,(H,22,23);3-9H,11H2,1-2H3,(H,21,22);2*2-8H,10H2,1H3,(H,21,22). The summed E-state index contributed by atoms with van der Waals surface area (Å²) in [6.07, 6.45) is 0. The molecule has 8 aromatic carbocycles. The maximum absolute atomic E-state index is 13.6. The number of hydrogen-bond acceptors (Lipinski definition) is 15. The van der Waals surface area contributed by atoms with Crippen LogP contribution < -0.4 is 36.4 Å². The summed E-state index contributed by atoms with van der Waals surface area (Å²) in [6, 6.07) is 57.1. The van der Waals surface area contributed by atoms with Gasteiger partial charge in [-0.05, 0) is 139 Å². The predicted octanol–water partition coefficient (Wildman–Crippen LogP) is 16.3. The van der Waals surface area contributed by atoms with Gasteiger partial charge in [0.15, 0.2) is 11.5 Å². The number of hydrogen-bond donors (Lipinski definition) is 4. The van der Waals surface area contributed by atoms with Gasteiger partial charge in [-0.2, -0.15) is 21.0 Å². The molecule has 4 heterocycles. The summed E-state index contributed by atoms with van der Waals surface area (Å²) in [4.78, 5) is 59.8. The number of pyridine rings is 4. The number of thioether (sulfide) groups is 4. The van der Waals surface area contributed by atoms with Gasteiger partial charge in [-0.25, -0.2) is 8.78 Å². The van der Waals surface area contributed by atoms with Crippen LogP contribution in [0.4, 0.5) is 8.78 Å².